The number of halogens is 1. The number of aryl methyl sites for hydroxylation is 1. The van der Waals surface area contributed by atoms with Crippen molar-refractivity contribution in [2.24, 2.45) is 0 Å². The van der Waals surface area contributed by atoms with E-state index >= 15 is 0 Å². The first-order valence-electron chi connectivity index (χ1n) is 9.31. The van der Waals surface area contributed by atoms with Crippen LogP contribution in [0.25, 0.3) is 16.8 Å². The second-order valence-electron chi connectivity index (χ2n) is 6.88. The Morgan fingerprint density at radius 1 is 1.17 bits per heavy atom. The zero-order valence-corrected chi connectivity index (χ0v) is 16.2. The van der Waals surface area contributed by atoms with E-state index in [9.17, 15) is 19.1 Å². The molecule has 4 aromatic rings. The van der Waals surface area contributed by atoms with Crippen LogP contribution in [-0.2, 0) is 17.9 Å². The highest BCUT2D eigenvalue weighted by Crippen LogP contribution is 2.25. The summed E-state index contributed by atoms with van der Waals surface area (Å²) in [5, 5.41) is 17.0. The molecule has 0 saturated heterocycles. The summed E-state index contributed by atoms with van der Waals surface area (Å²) in [5.74, 6) is -0.801. The predicted octanol–water partition coefficient (Wildman–Crippen LogP) is 2.74. The molecule has 4 rings (SSSR count). The molecule has 0 aliphatic carbocycles. The first kappa shape index (κ1) is 19.5. The van der Waals surface area contributed by atoms with Gasteiger partial charge in [-0.15, -0.1) is 0 Å². The summed E-state index contributed by atoms with van der Waals surface area (Å²) in [6.07, 6.45) is 2.98. The molecule has 8 heteroatoms. The summed E-state index contributed by atoms with van der Waals surface area (Å²) in [4.78, 5) is 25.5. The number of anilines is 1. The molecule has 0 atom stereocenters. The zero-order valence-electron chi connectivity index (χ0n) is 16.2. The Labute approximate surface area is 171 Å². The number of aliphatic hydroxyl groups is 1. The molecule has 30 heavy (non-hydrogen) atoms. The van der Waals surface area contributed by atoms with Gasteiger partial charge in [-0.3, -0.25) is 9.59 Å². The number of hydrogen-bond donors (Lipinski definition) is 2. The minimum absolute atomic E-state index is 0.142. The van der Waals surface area contributed by atoms with Gasteiger partial charge in [0.25, 0.3) is 5.56 Å². The number of aliphatic hydroxyl groups excluding tert-OH is 1. The largest absolute Gasteiger partial charge is 0.392 e. The Morgan fingerprint density at radius 3 is 2.70 bits per heavy atom. The summed E-state index contributed by atoms with van der Waals surface area (Å²) in [5.41, 5.74) is 2.29. The molecule has 7 nitrogen and oxygen atoms in total. The van der Waals surface area contributed by atoms with Crippen molar-refractivity contribution in [3.05, 3.63) is 88.2 Å². The average molecular weight is 406 g/mol. The van der Waals surface area contributed by atoms with Gasteiger partial charge >= 0.3 is 0 Å². The molecule has 0 fully saturated rings. The molecule has 2 N–H and O–H groups in total. The summed E-state index contributed by atoms with van der Waals surface area (Å²) in [7, 11) is 0. The van der Waals surface area contributed by atoms with Crippen LogP contribution >= 0.6 is 0 Å². The van der Waals surface area contributed by atoms with E-state index in [0.29, 0.717) is 16.9 Å². The molecule has 152 valence electrons. The minimum Gasteiger partial charge on any atom is -0.392 e. The second kappa shape index (κ2) is 7.92. The van der Waals surface area contributed by atoms with E-state index in [1.54, 1.807) is 12.1 Å². The van der Waals surface area contributed by atoms with E-state index in [0.717, 1.165) is 5.56 Å². The number of carbonyl (C=O) groups is 1. The van der Waals surface area contributed by atoms with Gasteiger partial charge in [-0.2, -0.15) is 5.10 Å². The maximum Gasteiger partial charge on any atom is 0.277 e. The van der Waals surface area contributed by atoms with Crippen molar-refractivity contribution in [1.29, 1.82) is 0 Å². The number of carbonyl (C=O) groups excluding carboxylic acids is 1. The molecule has 0 aliphatic heterocycles. The lowest BCUT2D eigenvalue weighted by Gasteiger charge is -2.10. The van der Waals surface area contributed by atoms with Crippen molar-refractivity contribution in [3.8, 4) is 11.3 Å². The van der Waals surface area contributed by atoms with Crippen LogP contribution in [0.3, 0.4) is 0 Å². The third-order valence-corrected chi connectivity index (χ3v) is 4.85. The Kier molecular flexibility index (Phi) is 5.16. The lowest BCUT2D eigenvalue weighted by atomic mass is 10.1. The van der Waals surface area contributed by atoms with Crippen LogP contribution in [0.5, 0.6) is 0 Å². The van der Waals surface area contributed by atoms with Gasteiger partial charge < -0.3 is 15.0 Å². The van der Waals surface area contributed by atoms with Crippen molar-refractivity contribution in [2.75, 3.05) is 5.32 Å². The first-order chi connectivity index (χ1) is 14.5. The van der Waals surface area contributed by atoms with Crippen LogP contribution in [-0.4, -0.2) is 25.2 Å². The van der Waals surface area contributed by atoms with E-state index in [2.05, 4.69) is 10.4 Å². The molecular weight excluding hydrogens is 387 g/mol. The standard InChI is InChI=1S/C22H19FN4O3/c1-14-5-2-3-8-18(14)24-19(29)12-26-9-10-27-21(22(26)30)17(13-28)20(25-27)15-6-4-7-16(23)11-15/h2-11,28H,12-13H2,1H3,(H,24,29). The number of amides is 1. The highest BCUT2D eigenvalue weighted by Gasteiger charge is 2.19. The number of aromatic nitrogens is 3. The summed E-state index contributed by atoms with van der Waals surface area (Å²) < 4.78 is 16.2. The maximum atomic E-state index is 13.6. The summed E-state index contributed by atoms with van der Waals surface area (Å²) >= 11 is 0. The predicted molar refractivity (Wildman–Crippen MR) is 111 cm³/mol. The van der Waals surface area contributed by atoms with Crippen molar-refractivity contribution in [1.82, 2.24) is 14.2 Å². The van der Waals surface area contributed by atoms with Gasteiger partial charge in [-0.05, 0) is 30.7 Å². The Bertz CT molecular complexity index is 1310. The van der Waals surface area contributed by atoms with Gasteiger partial charge in [0, 0.05) is 29.2 Å². The van der Waals surface area contributed by atoms with E-state index in [4.69, 9.17) is 0 Å². The van der Waals surface area contributed by atoms with Crippen molar-refractivity contribution in [3.63, 3.8) is 0 Å². The molecule has 1 amide bonds. The first-order valence-corrected chi connectivity index (χ1v) is 9.31. The van der Waals surface area contributed by atoms with Crippen LogP contribution in [0.1, 0.15) is 11.1 Å². The van der Waals surface area contributed by atoms with E-state index in [1.165, 1.54) is 39.7 Å². The van der Waals surface area contributed by atoms with Crippen LogP contribution in [0.15, 0.2) is 65.7 Å². The lowest BCUT2D eigenvalue weighted by Crippen LogP contribution is -2.28. The molecule has 2 aromatic carbocycles. The molecule has 0 spiro atoms. The summed E-state index contributed by atoms with van der Waals surface area (Å²) in [6, 6.07) is 13.1. The Hall–Kier alpha value is -3.78. The number of benzene rings is 2. The number of rotatable bonds is 5. The van der Waals surface area contributed by atoms with Crippen molar-refractivity contribution >= 4 is 17.1 Å². The quantitative estimate of drug-likeness (QED) is 0.533. The van der Waals surface area contributed by atoms with Gasteiger partial charge in [0.15, 0.2) is 0 Å². The Balaban J connectivity index is 1.71. The highest BCUT2D eigenvalue weighted by molar-refractivity contribution is 5.91. The normalized spacial score (nSPS) is 11.0. The number of fused-ring (bicyclic) bond motifs is 1. The van der Waals surface area contributed by atoms with Crippen LogP contribution < -0.4 is 10.9 Å². The SMILES string of the molecule is Cc1ccccc1NC(=O)Cn1ccn2nc(-c3cccc(F)c3)c(CO)c2c1=O. The average Bonchev–Trinajstić information content (AvgIpc) is 3.11. The van der Waals surface area contributed by atoms with Crippen molar-refractivity contribution in [2.45, 2.75) is 20.1 Å². The van der Waals surface area contributed by atoms with Gasteiger partial charge in [-0.1, -0.05) is 30.3 Å². The fourth-order valence-corrected chi connectivity index (χ4v) is 3.35. The van der Waals surface area contributed by atoms with Crippen LogP contribution in [0.2, 0.25) is 0 Å². The highest BCUT2D eigenvalue weighted by atomic mass is 19.1. The molecule has 0 saturated carbocycles. The molecule has 2 heterocycles. The molecule has 0 aliphatic rings. The van der Waals surface area contributed by atoms with E-state index in [-0.39, 0.29) is 23.5 Å². The van der Waals surface area contributed by atoms with Gasteiger partial charge in [0.2, 0.25) is 5.91 Å². The monoisotopic (exact) mass is 406 g/mol. The topological polar surface area (TPSA) is 88.6 Å². The number of nitrogens with one attached hydrogen (secondary N) is 1. The lowest BCUT2D eigenvalue weighted by molar-refractivity contribution is -0.116. The molecule has 2 aromatic heterocycles. The van der Waals surface area contributed by atoms with Crippen LogP contribution in [0, 0.1) is 12.7 Å². The molecule has 0 unspecified atom stereocenters. The molecule has 0 bridgehead atoms. The molecule has 0 radical (unpaired) electrons. The van der Waals surface area contributed by atoms with Gasteiger partial charge in [0.05, 0.1) is 12.3 Å². The maximum absolute atomic E-state index is 13.6. The van der Waals surface area contributed by atoms with Gasteiger partial charge in [-0.25, -0.2) is 8.91 Å². The van der Waals surface area contributed by atoms with E-state index in [1.807, 2.05) is 25.1 Å². The second-order valence-corrected chi connectivity index (χ2v) is 6.88. The number of para-hydroxylation sites is 1. The smallest absolute Gasteiger partial charge is 0.277 e. The van der Waals surface area contributed by atoms with Crippen molar-refractivity contribution < 1.29 is 14.3 Å². The number of hydrogen-bond acceptors (Lipinski definition) is 4. The third-order valence-electron chi connectivity index (χ3n) is 4.85. The fourth-order valence-electron chi connectivity index (χ4n) is 3.35. The fraction of sp³-hybridized carbons (Fsp3) is 0.136. The van der Waals surface area contributed by atoms with E-state index < -0.39 is 18.0 Å². The number of nitrogens with zero attached hydrogens (tertiary/aromatic N) is 3. The van der Waals surface area contributed by atoms with Crippen LogP contribution in [0.4, 0.5) is 10.1 Å². The zero-order chi connectivity index (χ0) is 21.3. The molecular formula is C22H19FN4O3. The van der Waals surface area contributed by atoms with Gasteiger partial charge in [0.1, 0.15) is 17.9 Å². The Morgan fingerprint density at radius 2 is 1.97 bits per heavy atom. The summed E-state index contributed by atoms with van der Waals surface area (Å²) in [6.45, 7) is 1.22. The minimum atomic E-state index is -0.475. The third kappa shape index (κ3) is 3.60.